The van der Waals surface area contributed by atoms with Crippen LogP contribution in [0.15, 0.2) is 12.3 Å². The highest BCUT2D eigenvalue weighted by Gasteiger charge is 2.27. The third-order valence-corrected chi connectivity index (χ3v) is 4.02. The largest absolute Gasteiger partial charge is 0.466 e. The molecular formula is C14H18ClN3O2. The first-order chi connectivity index (χ1) is 9.74. The number of carbonyl (C=O) groups excluding carboxylic acids is 1. The van der Waals surface area contributed by atoms with Gasteiger partial charge in [0, 0.05) is 19.3 Å². The summed E-state index contributed by atoms with van der Waals surface area (Å²) in [6.07, 6.45) is 5.36. The Balaban J connectivity index is 1.71. The van der Waals surface area contributed by atoms with E-state index in [0.717, 1.165) is 19.6 Å². The zero-order valence-electron chi connectivity index (χ0n) is 11.3. The minimum Gasteiger partial charge on any atom is -0.466 e. The van der Waals surface area contributed by atoms with Crippen LogP contribution in [0, 0.1) is 0 Å². The number of hydrogen-bond donors (Lipinski definition) is 0. The Labute approximate surface area is 123 Å². The Morgan fingerprint density at radius 2 is 2.05 bits per heavy atom. The molecule has 2 aliphatic heterocycles. The molecule has 3 rings (SSSR count). The number of carbonyl (C=O) groups is 1. The number of rotatable bonds is 3. The van der Waals surface area contributed by atoms with Gasteiger partial charge < -0.3 is 14.5 Å². The number of aromatic nitrogens is 1. The predicted molar refractivity (Wildman–Crippen MR) is 77.4 cm³/mol. The van der Waals surface area contributed by atoms with Crippen LogP contribution in [0.3, 0.4) is 0 Å². The van der Waals surface area contributed by atoms with Crippen molar-refractivity contribution >= 4 is 23.2 Å². The maximum Gasteiger partial charge on any atom is 0.265 e. The van der Waals surface area contributed by atoms with Gasteiger partial charge in [-0.2, -0.15) is 0 Å². The van der Waals surface area contributed by atoms with E-state index in [0.29, 0.717) is 23.1 Å². The van der Waals surface area contributed by atoms with Crippen LogP contribution in [0.25, 0.3) is 0 Å². The Hall–Kier alpha value is -1.33. The number of anilines is 1. The van der Waals surface area contributed by atoms with E-state index in [9.17, 15) is 4.79 Å². The van der Waals surface area contributed by atoms with E-state index in [2.05, 4.69) is 9.88 Å². The molecule has 1 aromatic rings. The highest BCUT2D eigenvalue weighted by Crippen LogP contribution is 2.31. The maximum absolute atomic E-state index is 12.1. The van der Waals surface area contributed by atoms with Crippen LogP contribution in [0.2, 0.25) is 5.02 Å². The van der Waals surface area contributed by atoms with E-state index in [1.165, 1.54) is 19.3 Å². The summed E-state index contributed by atoms with van der Waals surface area (Å²) < 4.78 is 5.34. The van der Waals surface area contributed by atoms with Gasteiger partial charge in [-0.15, -0.1) is 0 Å². The van der Waals surface area contributed by atoms with Gasteiger partial charge in [0.2, 0.25) is 5.88 Å². The van der Waals surface area contributed by atoms with Crippen LogP contribution in [0.5, 0.6) is 5.88 Å². The molecule has 2 aliphatic rings. The summed E-state index contributed by atoms with van der Waals surface area (Å²) in [4.78, 5) is 20.3. The molecule has 5 nitrogen and oxygen atoms in total. The van der Waals surface area contributed by atoms with E-state index in [1.54, 1.807) is 17.2 Å². The predicted octanol–water partition coefficient (Wildman–Crippen LogP) is 1.95. The molecule has 1 amide bonds. The minimum atomic E-state index is -0.0291. The summed E-state index contributed by atoms with van der Waals surface area (Å²) in [7, 11) is 0. The number of pyridine rings is 1. The SMILES string of the molecule is O=C1COc2ncc(Cl)cc2N1CCN1CCCCC1. The monoisotopic (exact) mass is 295 g/mol. The van der Waals surface area contributed by atoms with Crippen molar-refractivity contribution in [1.29, 1.82) is 0 Å². The number of fused-ring (bicyclic) bond motifs is 1. The van der Waals surface area contributed by atoms with E-state index >= 15 is 0 Å². The van der Waals surface area contributed by atoms with Crippen LogP contribution in [0.4, 0.5) is 5.69 Å². The Morgan fingerprint density at radius 1 is 1.25 bits per heavy atom. The Bertz CT molecular complexity index is 503. The van der Waals surface area contributed by atoms with Gasteiger partial charge in [-0.25, -0.2) is 4.98 Å². The van der Waals surface area contributed by atoms with E-state index < -0.39 is 0 Å². The molecule has 108 valence electrons. The number of halogens is 1. The lowest BCUT2D eigenvalue weighted by Gasteiger charge is -2.32. The van der Waals surface area contributed by atoms with Gasteiger partial charge in [0.05, 0.1) is 5.02 Å². The van der Waals surface area contributed by atoms with Crippen molar-refractivity contribution in [2.75, 3.05) is 37.7 Å². The summed E-state index contributed by atoms with van der Waals surface area (Å²) in [5.74, 6) is 0.464. The highest BCUT2D eigenvalue weighted by atomic mass is 35.5. The molecule has 0 aromatic carbocycles. The van der Waals surface area contributed by atoms with Crippen LogP contribution >= 0.6 is 11.6 Å². The van der Waals surface area contributed by atoms with Crippen molar-refractivity contribution in [2.45, 2.75) is 19.3 Å². The van der Waals surface area contributed by atoms with Crippen molar-refractivity contribution in [2.24, 2.45) is 0 Å². The molecule has 0 unspecified atom stereocenters. The third kappa shape index (κ3) is 2.88. The number of nitrogens with zero attached hydrogens (tertiary/aromatic N) is 3. The Morgan fingerprint density at radius 3 is 2.85 bits per heavy atom. The molecule has 6 heteroatoms. The fourth-order valence-corrected chi connectivity index (χ4v) is 2.88. The van der Waals surface area contributed by atoms with Gasteiger partial charge in [-0.05, 0) is 32.0 Å². The number of piperidine rings is 1. The van der Waals surface area contributed by atoms with Gasteiger partial charge in [0.1, 0.15) is 5.69 Å². The van der Waals surface area contributed by atoms with Crippen molar-refractivity contribution < 1.29 is 9.53 Å². The number of hydrogen-bond acceptors (Lipinski definition) is 4. The van der Waals surface area contributed by atoms with Gasteiger partial charge in [0.25, 0.3) is 5.91 Å². The fraction of sp³-hybridized carbons (Fsp3) is 0.571. The summed E-state index contributed by atoms with van der Waals surface area (Å²) in [6.45, 7) is 3.86. The molecule has 1 fully saturated rings. The lowest BCUT2D eigenvalue weighted by Crippen LogP contribution is -2.44. The quantitative estimate of drug-likeness (QED) is 0.855. The van der Waals surface area contributed by atoms with E-state index in [4.69, 9.17) is 16.3 Å². The molecule has 0 radical (unpaired) electrons. The van der Waals surface area contributed by atoms with E-state index in [-0.39, 0.29) is 12.5 Å². The van der Waals surface area contributed by atoms with Crippen LogP contribution in [-0.2, 0) is 4.79 Å². The first-order valence-electron chi connectivity index (χ1n) is 7.05. The number of likely N-dealkylation sites (tertiary alicyclic amines) is 1. The summed E-state index contributed by atoms with van der Waals surface area (Å²) in [6, 6.07) is 1.75. The second-order valence-electron chi connectivity index (χ2n) is 5.21. The minimum absolute atomic E-state index is 0.0291. The van der Waals surface area contributed by atoms with Crippen molar-refractivity contribution in [1.82, 2.24) is 9.88 Å². The molecule has 1 aromatic heterocycles. The van der Waals surface area contributed by atoms with Gasteiger partial charge >= 0.3 is 0 Å². The number of amides is 1. The van der Waals surface area contributed by atoms with Crippen LogP contribution in [0.1, 0.15) is 19.3 Å². The second-order valence-corrected chi connectivity index (χ2v) is 5.65. The summed E-state index contributed by atoms with van der Waals surface area (Å²) in [5, 5.41) is 0.519. The molecule has 0 N–H and O–H groups in total. The average molecular weight is 296 g/mol. The van der Waals surface area contributed by atoms with E-state index in [1.807, 2.05) is 0 Å². The van der Waals surface area contributed by atoms with Gasteiger partial charge in [-0.1, -0.05) is 18.0 Å². The molecule has 1 saturated heterocycles. The lowest BCUT2D eigenvalue weighted by molar-refractivity contribution is -0.121. The maximum atomic E-state index is 12.1. The van der Waals surface area contributed by atoms with Crippen molar-refractivity contribution in [3.05, 3.63) is 17.3 Å². The lowest BCUT2D eigenvalue weighted by atomic mass is 10.1. The molecule has 0 bridgehead atoms. The normalized spacial score (nSPS) is 19.6. The fourth-order valence-electron chi connectivity index (χ4n) is 2.73. The zero-order chi connectivity index (χ0) is 13.9. The molecule has 20 heavy (non-hydrogen) atoms. The van der Waals surface area contributed by atoms with Gasteiger partial charge in [0.15, 0.2) is 6.61 Å². The summed E-state index contributed by atoms with van der Waals surface area (Å²) in [5.41, 5.74) is 0.686. The van der Waals surface area contributed by atoms with Crippen LogP contribution < -0.4 is 9.64 Å². The summed E-state index contributed by atoms with van der Waals surface area (Å²) >= 11 is 5.97. The van der Waals surface area contributed by atoms with Crippen molar-refractivity contribution in [3.8, 4) is 5.88 Å². The molecule has 3 heterocycles. The average Bonchev–Trinajstić information content (AvgIpc) is 2.47. The molecule has 0 spiro atoms. The molecule has 0 saturated carbocycles. The first-order valence-corrected chi connectivity index (χ1v) is 7.43. The molecule has 0 aliphatic carbocycles. The Kier molecular flexibility index (Phi) is 4.08. The van der Waals surface area contributed by atoms with Crippen molar-refractivity contribution in [3.63, 3.8) is 0 Å². The second kappa shape index (κ2) is 5.97. The smallest absolute Gasteiger partial charge is 0.265 e. The molecular weight excluding hydrogens is 278 g/mol. The highest BCUT2D eigenvalue weighted by molar-refractivity contribution is 6.30. The first kappa shape index (κ1) is 13.6. The topological polar surface area (TPSA) is 45.7 Å². The van der Waals surface area contributed by atoms with Crippen LogP contribution in [-0.4, -0.2) is 48.6 Å². The standard InChI is InChI=1S/C14H18ClN3O2/c15-11-8-12-14(16-9-11)20-10-13(19)18(12)7-6-17-4-2-1-3-5-17/h8-9H,1-7,10H2. The van der Waals surface area contributed by atoms with Gasteiger partial charge in [-0.3, -0.25) is 4.79 Å². The third-order valence-electron chi connectivity index (χ3n) is 3.81. The number of ether oxygens (including phenoxy) is 1. The zero-order valence-corrected chi connectivity index (χ0v) is 12.1. The molecule has 0 atom stereocenters.